The summed E-state index contributed by atoms with van der Waals surface area (Å²) in [6.07, 6.45) is 0. The van der Waals surface area contributed by atoms with Crippen LogP contribution in [-0.2, 0) is 0 Å². The minimum atomic E-state index is 0.943. The van der Waals surface area contributed by atoms with Crippen molar-refractivity contribution in [2.24, 2.45) is 0 Å². The number of rotatable bonds is 1. The molecule has 0 aliphatic carbocycles. The van der Waals surface area contributed by atoms with Crippen LogP contribution >= 0.6 is 0 Å². The fourth-order valence-electron chi connectivity index (χ4n) is 3.62. The van der Waals surface area contributed by atoms with Crippen LogP contribution in [0.4, 0.5) is 0 Å². The molecule has 0 unspecified atom stereocenters. The summed E-state index contributed by atoms with van der Waals surface area (Å²) < 4.78 is 0. The third-order valence-corrected chi connectivity index (χ3v) is 5.14. The molecule has 0 radical (unpaired) electrons. The summed E-state index contributed by atoms with van der Waals surface area (Å²) >= 11 is 0. The molecule has 5 aromatic rings. The number of nitrogens with zero attached hydrogens (tertiary/aromatic N) is 2. The molecule has 0 bridgehead atoms. The molecule has 0 N–H and O–H groups in total. The molecule has 124 valence electrons. The van der Waals surface area contributed by atoms with Crippen LogP contribution in [0.2, 0.25) is 0 Å². The van der Waals surface area contributed by atoms with E-state index in [1.165, 1.54) is 27.6 Å². The number of hydrogen-bond acceptors (Lipinski definition) is 2. The van der Waals surface area contributed by atoms with Gasteiger partial charge in [0.1, 0.15) is 0 Å². The number of fused-ring (bicyclic) bond motifs is 4. The van der Waals surface area contributed by atoms with Gasteiger partial charge in [-0.1, -0.05) is 54.6 Å². The van der Waals surface area contributed by atoms with Gasteiger partial charge >= 0.3 is 0 Å². The molecular weight excluding hydrogens is 316 g/mol. The van der Waals surface area contributed by atoms with Crippen LogP contribution in [0.25, 0.3) is 44.0 Å². The number of aryl methyl sites for hydroxylation is 2. The highest BCUT2D eigenvalue weighted by Crippen LogP contribution is 2.34. The second-order valence-electron chi connectivity index (χ2n) is 6.85. The van der Waals surface area contributed by atoms with Crippen LogP contribution in [-0.4, -0.2) is 9.97 Å². The monoisotopic (exact) mass is 334 g/mol. The standard InChI is InChI=1S/C24H18N2/c1-15-12-21-22(13-16(15)2)26-24-19-11-7-6-10-18(19)20(14-23(24)25-21)17-8-4-3-5-9-17/h3-14H,1-2H3. The Morgan fingerprint density at radius 1 is 0.577 bits per heavy atom. The third kappa shape index (κ3) is 2.26. The van der Waals surface area contributed by atoms with Gasteiger partial charge in [-0.15, -0.1) is 0 Å². The lowest BCUT2D eigenvalue weighted by molar-refractivity contribution is 1.32. The van der Waals surface area contributed by atoms with E-state index >= 15 is 0 Å². The van der Waals surface area contributed by atoms with Gasteiger partial charge < -0.3 is 0 Å². The van der Waals surface area contributed by atoms with Gasteiger partial charge in [-0.2, -0.15) is 0 Å². The second kappa shape index (κ2) is 5.63. The molecule has 4 aromatic carbocycles. The molecule has 1 heterocycles. The zero-order valence-corrected chi connectivity index (χ0v) is 14.8. The molecule has 0 saturated carbocycles. The van der Waals surface area contributed by atoms with E-state index in [-0.39, 0.29) is 0 Å². The number of aromatic nitrogens is 2. The molecule has 2 nitrogen and oxygen atoms in total. The van der Waals surface area contributed by atoms with Crippen molar-refractivity contribution in [3.63, 3.8) is 0 Å². The van der Waals surface area contributed by atoms with Crippen LogP contribution in [0.1, 0.15) is 11.1 Å². The summed E-state index contributed by atoms with van der Waals surface area (Å²) in [5, 5.41) is 2.36. The first kappa shape index (κ1) is 15.0. The maximum Gasteiger partial charge on any atom is 0.0973 e. The Labute approximate surface area is 152 Å². The number of benzene rings is 4. The Bertz CT molecular complexity index is 1290. The van der Waals surface area contributed by atoms with Crippen LogP contribution in [0.15, 0.2) is 72.8 Å². The molecule has 5 rings (SSSR count). The van der Waals surface area contributed by atoms with E-state index in [4.69, 9.17) is 9.97 Å². The van der Waals surface area contributed by atoms with Crippen LogP contribution < -0.4 is 0 Å². The summed E-state index contributed by atoms with van der Waals surface area (Å²) in [4.78, 5) is 9.93. The second-order valence-corrected chi connectivity index (χ2v) is 6.85. The summed E-state index contributed by atoms with van der Waals surface area (Å²) in [6.45, 7) is 4.24. The molecule has 0 atom stereocenters. The predicted octanol–water partition coefficient (Wildman–Crippen LogP) is 6.22. The lowest BCUT2D eigenvalue weighted by Crippen LogP contribution is -1.93. The van der Waals surface area contributed by atoms with Crippen molar-refractivity contribution < 1.29 is 0 Å². The third-order valence-electron chi connectivity index (χ3n) is 5.14. The molecule has 0 aliphatic rings. The van der Waals surface area contributed by atoms with E-state index in [1.54, 1.807) is 0 Å². The van der Waals surface area contributed by atoms with E-state index in [9.17, 15) is 0 Å². The van der Waals surface area contributed by atoms with E-state index in [2.05, 4.69) is 80.6 Å². The maximum atomic E-state index is 4.98. The Morgan fingerprint density at radius 3 is 1.92 bits per heavy atom. The van der Waals surface area contributed by atoms with E-state index in [1.807, 2.05) is 6.07 Å². The summed E-state index contributed by atoms with van der Waals surface area (Å²) in [5.41, 5.74) is 8.72. The fraction of sp³-hybridized carbons (Fsp3) is 0.0833. The Hall–Kier alpha value is -3.26. The quantitative estimate of drug-likeness (QED) is 0.269. The molecule has 0 aliphatic heterocycles. The highest BCUT2D eigenvalue weighted by molar-refractivity contribution is 6.12. The summed E-state index contributed by atoms with van der Waals surface area (Å²) in [7, 11) is 0. The van der Waals surface area contributed by atoms with E-state index < -0.39 is 0 Å². The van der Waals surface area contributed by atoms with Crippen LogP contribution in [0, 0.1) is 13.8 Å². The summed E-state index contributed by atoms with van der Waals surface area (Å²) in [5.74, 6) is 0. The normalized spacial score (nSPS) is 11.5. The first-order valence-electron chi connectivity index (χ1n) is 8.86. The highest BCUT2D eigenvalue weighted by Gasteiger charge is 2.12. The van der Waals surface area contributed by atoms with Gasteiger partial charge in [0.05, 0.1) is 22.1 Å². The van der Waals surface area contributed by atoms with Crippen molar-refractivity contribution in [2.45, 2.75) is 13.8 Å². The molecule has 1 aromatic heterocycles. The average Bonchev–Trinajstić information content (AvgIpc) is 2.68. The van der Waals surface area contributed by atoms with Crippen molar-refractivity contribution in [3.05, 3.63) is 83.9 Å². The molecular formula is C24H18N2. The van der Waals surface area contributed by atoms with Crippen molar-refractivity contribution in [3.8, 4) is 11.1 Å². The topological polar surface area (TPSA) is 25.8 Å². The highest BCUT2D eigenvalue weighted by atomic mass is 14.8. The first-order valence-corrected chi connectivity index (χ1v) is 8.86. The Balaban J connectivity index is 1.95. The van der Waals surface area contributed by atoms with Crippen LogP contribution in [0.3, 0.4) is 0 Å². The first-order chi connectivity index (χ1) is 12.7. The van der Waals surface area contributed by atoms with E-state index in [0.29, 0.717) is 0 Å². The van der Waals surface area contributed by atoms with Gasteiger partial charge in [-0.05, 0) is 59.7 Å². The van der Waals surface area contributed by atoms with Gasteiger partial charge in [-0.3, -0.25) is 0 Å². The van der Waals surface area contributed by atoms with Crippen LogP contribution in [0.5, 0.6) is 0 Å². The Morgan fingerprint density at radius 2 is 1.19 bits per heavy atom. The molecule has 0 amide bonds. The minimum Gasteiger partial charge on any atom is -0.244 e. The van der Waals surface area contributed by atoms with Gasteiger partial charge in [0.15, 0.2) is 0 Å². The minimum absolute atomic E-state index is 0.943. The summed E-state index contributed by atoms with van der Waals surface area (Å²) in [6, 6.07) is 25.4. The molecule has 2 heteroatoms. The van der Waals surface area contributed by atoms with Gasteiger partial charge in [0.2, 0.25) is 0 Å². The molecule has 26 heavy (non-hydrogen) atoms. The van der Waals surface area contributed by atoms with E-state index in [0.717, 1.165) is 27.5 Å². The Kier molecular flexibility index (Phi) is 3.26. The van der Waals surface area contributed by atoms with Gasteiger partial charge in [0, 0.05) is 5.39 Å². The lowest BCUT2D eigenvalue weighted by atomic mass is 9.96. The zero-order valence-electron chi connectivity index (χ0n) is 14.8. The van der Waals surface area contributed by atoms with Gasteiger partial charge in [-0.25, -0.2) is 9.97 Å². The lowest BCUT2D eigenvalue weighted by Gasteiger charge is -2.11. The van der Waals surface area contributed by atoms with Crippen molar-refractivity contribution in [1.82, 2.24) is 9.97 Å². The largest absolute Gasteiger partial charge is 0.244 e. The van der Waals surface area contributed by atoms with Gasteiger partial charge in [0.25, 0.3) is 0 Å². The molecule has 0 saturated heterocycles. The SMILES string of the molecule is Cc1cc2nc3cc(-c4ccccc4)c4ccccc4c3nc2cc1C. The van der Waals surface area contributed by atoms with Crippen molar-refractivity contribution in [1.29, 1.82) is 0 Å². The average molecular weight is 334 g/mol. The van der Waals surface area contributed by atoms with Crippen molar-refractivity contribution >= 4 is 32.8 Å². The smallest absolute Gasteiger partial charge is 0.0973 e. The number of hydrogen-bond donors (Lipinski definition) is 0. The maximum absolute atomic E-state index is 4.98. The zero-order chi connectivity index (χ0) is 17.7. The fourth-order valence-corrected chi connectivity index (χ4v) is 3.62. The molecule has 0 spiro atoms. The van der Waals surface area contributed by atoms with Crippen molar-refractivity contribution in [2.75, 3.05) is 0 Å². The molecule has 0 fully saturated rings. The predicted molar refractivity (Wildman–Crippen MR) is 109 cm³/mol.